The van der Waals surface area contributed by atoms with Crippen molar-refractivity contribution in [2.24, 2.45) is 17.8 Å². The van der Waals surface area contributed by atoms with Crippen molar-refractivity contribution in [3.8, 4) is 0 Å². The molecule has 2 rings (SSSR count). The summed E-state index contributed by atoms with van der Waals surface area (Å²) in [5, 5.41) is 10.3. The number of rotatable bonds is 4. The first-order valence-electron chi connectivity index (χ1n) is 8.46. The van der Waals surface area contributed by atoms with Crippen LogP contribution >= 0.6 is 0 Å². The highest BCUT2D eigenvalue weighted by Crippen LogP contribution is 2.36. The summed E-state index contributed by atoms with van der Waals surface area (Å²) >= 11 is 0. The molecule has 0 aromatic rings. The summed E-state index contributed by atoms with van der Waals surface area (Å²) in [6.07, 6.45) is 7.39. The van der Waals surface area contributed by atoms with Crippen LogP contribution in [0.3, 0.4) is 0 Å². The van der Waals surface area contributed by atoms with E-state index in [0.29, 0.717) is 5.92 Å². The van der Waals surface area contributed by atoms with Crippen molar-refractivity contribution in [1.29, 1.82) is 0 Å². The Balaban J connectivity index is 1.96. The van der Waals surface area contributed by atoms with Gasteiger partial charge >= 0.3 is 0 Å². The molecule has 0 bridgehead atoms. The molecule has 1 aliphatic carbocycles. The van der Waals surface area contributed by atoms with Gasteiger partial charge in [0.1, 0.15) is 0 Å². The van der Waals surface area contributed by atoms with Crippen LogP contribution in [0.4, 0.5) is 0 Å². The zero-order valence-corrected chi connectivity index (χ0v) is 13.3. The molecule has 1 heterocycles. The zero-order valence-electron chi connectivity index (χ0n) is 13.3. The van der Waals surface area contributed by atoms with Crippen molar-refractivity contribution in [3.05, 3.63) is 0 Å². The number of aliphatic hydroxyl groups excluding tert-OH is 1. The molecule has 0 aromatic carbocycles. The Morgan fingerprint density at radius 2 is 1.89 bits per heavy atom. The van der Waals surface area contributed by atoms with Gasteiger partial charge in [0.2, 0.25) is 0 Å². The molecule has 2 aliphatic rings. The minimum absolute atomic E-state index is 0.0553. The van der Waals surface area contributed by atoms with E-state index in [1.165, 1.54) is 32.1 Å². The largest absolute Gasteiger partial charge is 0.393 e. The van der Waals surface area contributed by atoms with E-state index in [-0.39, 0.29) is 6.10 Å². The summed E-state index contributed by atoms with van der Waals surface area (Å²) in [4.78, 5) is 2.69. The molecular weight excluding hydrogens is 234 g/mol. The molecule has 1 saturated carbocycles. The zero-order chi connectivity index (χ0) is 14.0. The summed E-state index contributed by atoms with van der Waals surface area (Å²) in [7, 11) is 0. The second-order valence-electron chi connectivity index (χ2n) is 7.33. The molecule has 1 N–H and O–H groups in total. The molecule has 0 radical (unpaired) electrons. The van der Waals surface area contributed by atoms with Crippen LogP contribution in [0.5, 0.6) is 0 Å². The predicted octanol–water partition coefficient (Wildman–Crippen LogP) is 3.68. The van der Waals surface area contributed by atoms with E-state index in [9.17, 15) is 5.11 Å². The number of nitrogens with zero attached hydrogens (tertiary/aromatic N) is 1. The van der Waals surface area contributed by atoms with Gasteiger partial charge in [-0.1, -0.05) is 20.8 Å². The fourth-order valence-corrected chi connectivity index (χ4v) is 4.25. The maximum absolute atomic E-state index is 10.3. The molecular formula is C17H33NO. The summed E-state index contributed by atoms with van der Waals surface area (Å²) in [5.41, 5.74) is 0. The van der Waals surface area contributed by atoms with Gasteiger partial charge in [-0.05, 0) is 63.2 Å². The van der Waals surface area contributed by atoms with Crippen LogP contribution in [0.2, 0.25) is 0 Å². The molecule has 5 unspecified atom stereocenters. The minimum Gasteiger partial charge on any atom is -0.393 e. The molecule has 1 saturated heterocycles. The normalized spacial score (nSPS) is 41.1. The van der Waals surface area contributed by atoms with Crippen LogP contribution in [0.15, 0.2) is 0 Å². The SMILES string of the molecule is CCC1CCC(C)N1CC1CC(C(C)C)CCC1O. The summed E-state index contributed by atoms with van der Waals surface area (Å²) in [6, 6.07) is 1.48. The molecule has 2 heteroatoms. The van der Waals surface area contributed by atoms with Crippen LogP contribution in [0.25, 0.3) is 0 Å². The summed E-state index contributed by atoms with van der Waals surface area (Å²) < 4.78 is 0. The van der Waals surface area contributed by atoms with Gasteiger partial charge in [-0.25, -0.2) is 0 Å². The van der Waals surface area contributed by atoms with E-state index in [0.717, 1.165) is 36.9 Å². The van der Waals surface area contributed by atoms with E-state index in [1.807, 2.05) is 0 Å². The van der Waals surface area contributed by atoms with Crippen molar-refractivity contribution in [3.63, 3.8) is 0 Å². The monoisotopic (exact) mass is 267 g/mol. The van der Waals surface area contributed by atoms with Gasteiger partial charge in [-0.3, -0.25) is 4.90 Å². The number of hydrogen-bond donors (Lipinski definition) is 1. The number of hydrogen-bond acceptors (Lipinski definition) is 2. The Labute approximate surface area is 119 Å². The highest BCUT2D eigenvalue weighted by atomic mass is 16.3. The Hall–Kier alpha value is -0.0800. The molecule has 1 aliphatic heterocycles. The van der Waals surface area contributed by atoms with Gasteiger partial charge in [0, 0.05) is 18.6 Å². The van der Waals surface area contributed by atoms with Crippen LogP contribution in [-0.2, 0) is 0 Å². The molecule has 5 atom stereocenters. The van der Waals surface area contributed by atoms with Crippen molar-refractivity contribution in [1.82, 2.24) is 4.90 Å². The van der Waals surface area contributed by atoms with Crippen LogP contribution in [-0.4, -0.2) is 34.7 Å². The van der Waals surface area contributed by atoms with Gasteiger partial charge < -0.3 is 5.11 Å². The average Bonchev–Trinajstić information content (AvgIpc) is 2.73. The first kappa shape index (κ1) is 15.3. The van der Waals surface area contributed by atoms with E-state index in [1.54, 1.807) is 0 Å². The molecule has 0 spiro atoms. The maximum Gasteiger partial charge on any atom is 0.0580 e. The second kappa shape index (κ2) is 6.58. The Kier molecular flexibility index (Phi) is 5.30. The van der Waals surface area contributed by atoms with Gasteiger partial charge in [0.05, 0.1) is 6.10 Å². The number of likely N-dealkylation sites (tertiary alicyclic amines) is 1. The van der Waals surface area contributed by atoms with Gasteiger partial charge in [-0.2, -0.15) is 0 Å². The number of aliphatic hydroxyl groups is 1. The van der Waals surface area contributed by atoms with Crippen molar-refractivity contribution >= 4 is 0 Å². The highest BCUT2D eigenvalue weighted by Gasteiger charge is 2.36. The lowest BCUT2D eigenvalue weighted by Gasteiger charge is -2.39. The molecule has 2 nitrogen and oxygen atoms in total. The molecule has 19 heavy (non-hydrogen) atoms. The smallest absolute Gasteiger partial charge is 0.0580 e. The Morgan fingerprint density at radius 1 is 1.16 bits per heavy atom. The van der Waals surface area contributed by atoms with Crippen molar-refractivity contribution < 1.29 is 5.11 Å². The third kappa shape index (κ3) is 3.52. The van der Waals surface area contributed by atoms with E-state index < -0.39 is 0 Å². The topological polar surface area (TPSA) is 23.5 Å². The first-order chi connectivity index (χ1) is 9.02. The third-order valence-electron chi connectivity index (χ3n) is 5.80. The third-order valence-corrected chi connectivity index (χ3v) is 5.80. The van der Waals surface area contributed by atoms with Crippen LogP contribution in [0.1, 0.15) is 66.2 Å². The lowest BCUT2D eigenvalue weighted by molar-refractivity contribution is 0.0102. The van der Waals surface area contributed by atoms with Crippen LogP contribution < -0.4 is 0 Å². The van der Waals surface area contributed by atoms with Crippen molar-refractivity contribution in [2.45, 2.75) is 84.4 Å². The van der Waals surface area contributed by atoms with E-state index in [4.69, 9.17) is 0 Å². The molecule has 2 fully saturated rings. The lowest BCUT2D eigenvalue weighted by atomic mass is 9.74. The lowest BCUT2D eigenvalue weighted by Crippen LogP contribution is -2.43. The minimum atomic E-state index is -0.0553. The standard InChI is InChI=1S/C17H33NO/c1-5-16-8-6-13(4)18(16)11-15-10-14(12(2)3)7-9-17(15)19/h12-17,19H,5-11H2,1-4H3. The summed E-state index contributed by atoms with van der Waals surface area (Å²) in [5.74, 6) is 2.11. The Morgan fingerprint density at radius 3 is 2.53 bits per heavy atom. The molecule has 112 valence electrons. The van der Waals surface area contributed by atoms with Crippen molar-refractivity contribution in [2.75, 3.05) is 6.54 Å². The van der Waals surface area contributed by atoms with E-state index >= 15 is 0 Å². The van der Waals surface area contributed by atoms with Gasteiger partial charge in [-0.15, -0.1) is 0 Å². The van der Waals surface area contributed by atoms with E-state index in [2.05, 4.69) is 32.6 Å². The fourth-order valence-electron chi connectivity index (χ4n) is 4.25. The average molecular weight is 267 g/mol. The molecule has 0 aromatic heterocycles. The Bertz CT molecular complexity index is 278. The fraction of sp³-hybridized carbons (Fsp3) is 1.00. The molecule has 0 amide bonds. The maximum atomic E-state index is 10.3. The second-order valence-corrected chi connectivity index (χ2v) is 7.33. The first-order valence-corrected chi connectivity index (χ1v) is 8.46. The quantitative estimate of drug-likeness (QED) is 0.840. The van der Waals surface area contributed by atoms with Crippen LogP contribution in [0, 0.1) is 17.8 Å². The predicted molar refractivity (Wildman–Crippen MR) is 81.2 cm³/mol. The van der Waals surface area contributed by atoms with Gasteiger partial charge in [0.15, 0.2) is 0 Å². The van der Waals surface area contributed by atoms with Gasteiger partial charge in [0.25, 0.3) is 0 Å². The highest BCUT2D eigenvalue weighted by molar-refractivity contribution is 4.89. The summed E-state index contributed by atoms with van der Waals surface area (Å²) in [6.45, 7) is 10.5.